The fourth-order valence-electron chi connectivity index (χ4n) is 3.27. The fourth-order valence-corrected chi connectivity index (χ4v) is 3.27. The molecule has 0 unspecified atom stereocenters. The van der Waals surface area contributed by atoms with Crippen molar-refractivity contribution in [3.63, 3.8) is 0 Å². The van der Waals surface area contributed by atoms with Crippen molar-refractivity contribution >= 4 is 22.6 Å². The summed E-state index contributed by atoms with van der Waals surface area (Å²) in [5.41, 5.74) is 3.20. The maximum Gasteiger partial charge on any atom is 0.246 e. The van der Waals surface area contributed by atoms with Gasteiger partial charge in [-0.3, -0.25) is 9.48 Å². The zero-order valence-electron chi connectivity index (χ0n) is 17.5. The highest BCUT2D eigenvalue weighted by Gasteiger charge is 2.11. The number of hydrogen-bond acceptors (Lipinski definition) is 6. The van der Waals surface area contributed by atoms with Gasteiger partial charge in [-0.2, -0.15) is 5.10 Å². The summed E-state index contributed by atoms with van der Waals surface area (Å²) < 4.78 is 14.6. The molecule has 0 aliphatic heterocycles. The molecule has 1 amide bonds. The van der Waals surface area contributed by atoms with Crippen LogP contribution in [-0.4, -0.2) is 43.9 Å². The Morgan fingerprint density at radius 1 is 1.06 bits per heavy atom. The molecule has 0 bridgehead atoms. The minimum atomic E-state index is -0.199. The summed E-state index contributed by atoms with van der Waals surface area (Å²) in [6.07, 6.45) is 3.41. The van der Waals surface area contributed by atoms with E-state index in [4.69, 9.17) is 9.47 Å². The van der Waals surface area contributed by atoms with Crippen molar-refractivity contribution in [1.29, 1.82) is 0 Å². The van der Waals surface area contributed by atoms with Gasteiger partial charge in [0.25, 0.3) is 0 Å². The molecule has 31 heavy (non-hydrogen) atoms. The summed E-state index contributed by atoms with van der Waals surface area (Å²) in [4.78, 5) is 12.4. The highest BCUT2D eigenvalue weighted by atomic mass is 16.5. The number of anilines is 1. The normalized spacial score (nSPS) is 10.9. The number of nitrogens with zero attached hydrogens (tertiary/aromatic N) is 5. The molecule has 2 aromatic carbocycles. The van der Waals surface area contributed by atoms with Crippen LogP contribution in [0.4, 0.5) is 5.69 Å². The SMILES string of the molecule is CCOc1ccc(Cn2cc(NC(=O)Cn3nnc4ccccc43)cn2)cc1OCC. The fraction of sp³-hybridized carbons (Fsp3) is 0.273. The maximum atomic E-state index is 12.4. The third kappa shape index (κ3) is 4.82. The summed E-state index contributed by atoms with van der Waals surface area (Å²) in [7, 11) is 0. The quantitative estimate of drug-likeness (QED) is 0.447. The lowest BCUT2D eigenvalue weighted by atomic mass is 10.2. The molecular weight excluding hydrogens is 396 g/mol. The van der Waals surface area contributed by atoms with Gasteiger partial charge in [-0.05, 0) is 43.7 Å². The van der Waals surface area contributed by atoms with Crippen molar-refractivity contribution in [2.45, 2.75) is 26.9 Å². The number of ether oxygens (including phenoxy) is 2. The first kappa shape index (κ1) is 20.4. The van der Waals surface area contributed by atoms with Crippen LogP contribution in [0.25, 0.3) is 11.0 Å². The summed E-state index contributed by atoms with van der Waals surface area (Å²) >= 11 is 0. The molecule has 0 spiro atoms. The smallest absolute Gasteiger partial charge is 0.246 e. The number of hydrogen-bond donors (Lipinski definition) is 1. The zero-order valence-corrected chi connectivity index (χ0v) is 17.5. The van der Waals surface area contributed by atoms with Gasteiger partial charge in [0, 0.05) is 6.20 Å². The lowest BCUT2D eigenvalue weighted by molar-refractivity contribution is -0.116. The Labute approximate surface area is 179 Å². The Hall–Kier alpha value is -3.88. The Bertz CT molecular complexity index is 1180. The number of nitrogens with one attached hydrogen (secondary N) is 1. The molecule has 0 atom stereocenters. The minimum absolute atomic E-state index is 0.0717. The summed E-state index contributed by atoms with van der Waals surface area (Å²) in [6.45, 7) is 5.62. The van der Waals surface area contributed by atoms with Crippen LogP contribution >= 0.6 is 0 Å². The molecule has 0 fully saturated rings. The van der Waals surface area contributed by atoms with E-state index in [1.807, 2.05) is 56.3 Å². The van der Waals surface area contributed by atoms with E-state index in [9.17, 15) is 4.79 Å². The average molecular weight is 420 g/mol. The van der Waals surface area contributed by atoms with Gasteiger partial charge in [-0.1, -0.05) is 23.4 Å². The maximum absolute atomic E-state index is 12.4. The molecular formula is C22H24N6O3. The Balaban J connectivity index is 1.40. The highest BCUT2D eigenvalue weighted by molar-refractivity contribution is 5.91. The van der Waals surface area contributed by atoms with Gasteiger partial charge in [-0.25, -0.2) is 4.68 Å². The van der Waals surface area contributed by atoms with Gasteiger partial charge < -0.3 is 14.8 Å². The lowest BCUT2D eigenvalue weighted by Gasteiger charge is -2.12. The molecule has 9 nitrogen and oxygen atoms in total. The predicted molar refractivity (Wildman–Crippen MR) is 116 cm³/mol. The van der Waals surface area contributed by atoms with Gasteiger partial charge in [0.05, 0.1) is 37.2 Å². The van der Waals surface area contributed by atoms with Gasteiger partial charge in [0.2, 0.25) is 5.91 Å². The molecule has 9 heteroatoms. The number of para-hydroxylation sites is 1. The third-order valence-corrected chi connectivity index (χ3v) is 4.58. The average Bonchev–Trinajstić information content (AvgIpc) is 3.37. The largest absolute Gasteiger partial charge is 0.490 e. The molecule has 0 radical (unpaired) electrons. The van der Waals surface area contributed by atoms with Crippen LogP contribution in [0, 0.1) is 0 Å². The van der Waals surface area contributed by atoms with Crippen molar-refractivity contribution in [1.82, 2.24) is 24.8 Å². The molecule has 0 aliphatic rings. The van der Waals surface area contributed by atoms with Crippen LogP contribution in [0.3, 0.4) is 0 Å². The molecule has 0 aliphatic carbocycles. The Morgan fingerprint density at radius 3 is 2.71 bits per heavy atom. The first-order valence-corrected chi connectivity index (χ1v) is 10.1. The van der Waals surface area contributed by atoms with Crippen molar-refractivity contribution in [2.24, 2.45) is 0 Å². The third-order valence-electron chi connectivity index (χ3n) is 4.58. The van der Waals surface area contributed by atoms with Crippen LogP contribution in [0.1, 0.15) is 19.4 Å². The van der Waals surface area contributed by atoms with E-state index in [-0.39, 0.29) is 12.5 Å². The number of rotatable bonds is 9. The first-order valence-electron chi connectivity index (χ1n) is 10.1. The molecule has 1 N–H and O–H groups in total. The van der Waals surface area contributed by atoms with Crippen molar-refractivity contribution in [3.8, 4) is 11.5 Å². The van der Waals surface area contributed by atoms with E-state index in [2.05, 4.69) is 20.7 Å². The summed E-state index contributed by atoms with van der Waals surface area (Å²) in [6, 6.07) is 13.3. The van der Waals surface area contributed by atoms with Gasteiger partial charge in [-0.15, -0.1) is 5.10 Å². The van der Waals surface area contributed by atoms with Crippen LogP contribution in [0.2, 0.25) is 0 Å². The van der Waals surface area contributed by atoms with Crippen LogP contribution in [-0.2, 0) is 17.9 Å². The minimum Gasteiger partial charge on any atom is -0.490 e. The number of benzene rings is 2. The van der Waals surface area contributed by atoms with Gasteiger partial charge >= 0.3 is 0 Å². The van der Waals surface area contributed by atoms with E-state index in [0.717, 1.165) is 22.3 Å². The van der Waals surface area contributed by atoms with Crippen LogP contribution in [0.5, 0.6) is 11.5 Å². The molecule has 2 heterocycles. The van der Waals surface area contributed by atoms with Crippen molar-refractivity contribution in [2.75, 3.05) is 18.5 Å². The molecule has 4 rings (SSSR count). The molecule has 4 aromatic rings. The Kier molecular flexibility index (Phi) is 6.11. The number of aromatic nitrogens is 5. The van der Waals surface area contributed by atoms with Crippen LogP contribution < -0.4 is 14.8 Å². The monoisotopic (exact) mass is 420 g/mol. The Morgan fingerprint density at radius 2 is 1.87 bits per heavy atom. The van der Waals surface area contributed by atoms with Crippen molar-refractivity contribution in [3.05, 3.63) is 60.4 Å². The standard InChI is InChI=1S/C22H24N6O3/c1-3-30-20-10-9-16(11-21(20)31-4-2)13-27-14-17(12-23-27)24-22(29)15-28-19-8-6-5-7-18(19)25-26-28/h5-12,14H,3-4,13,15H2,1-2H3,(H,24,29). The van der Waals surface area contributed by atoms with Gasteiger partial charge in [0.15, 0.2) is 11.5 Å². The molecule has 0 saturated carbocycles. The molecule has 160 valence electrons. The second-order valence-electron chi connectivity index (χ2n) is 6.86. The van der Waals surface area contributed by atoms with E-state index in [0.29, 0.717) is 31.2 Å². The van der Waals surface area contributed by atoms with E-state index < -0.39 is 0 Å². The highest BCUT2D eigenvalue weighted by Crippen LogP contribution is 2.29. The number of carbonyl (C=O) groups is 1. The van der Waals surface area contributed by atoms with E-state index in [1.54, 1.807) is 21.8 Å². The second-order valence-corrected chi connectivity index (χ2v) is 6.86. The molecule has 0 saturated heterocycles. The first-order chi connectivity index (χ1) is 15.2. The van der Waals surface area contributed by atoms with E-state index in [1.165, 1.54) is 0 Å². The lowest BCUT2D eigenvalue weighted by Crippen LogP contribution is -2.19. The summed E-state index contributed by atoms with van der Waals surface area (Å²) in [5.74, 6) is 1.24. The predicted octanol–water partition coefficient (Wildman–Crippen LogP) is 3.11. The van der Waals surface area contributed by atoms with Crippen molar-refractivity contribution < 1.29 is 14.3 Å². The number of carbonyl (C=O) groups excluding carboxylic acids is 1. The number of fused-ring (bicyclic) bond motifs is 1. The molecule has 2 aromatic heterocycles. The number of amides is 1. The topological polar surface area (TPSA) is 96.1 Å². The van der Waals surface area contributed by atoms with Gasteiger partial charge in [0.1, 0.15) is 12.1 Å². The zero-order chi connectivity index (χ0) is 21.6. The second kappa shape index (κ2) is 9.29. The van der Waals surface area contributed by atoms with Crippen LogP contribution in [0.15, 0.2) is 54.9 Å². The summed E-state index contributed by atoms with van der Waals surface area (Å²) in [5, 5.41) is 15.3. The van der Waals surface area contributed by atoms with E-state index >= 15 is 0 Å².